The van der Waals surface area contributed by atoms with Crippen LogP contribution in [0, 0.1) is 6.92 Å². The number of aliphatic hydroxyl groups excluding tert-OH is 1. The summed E-state index contributed by atoms with van der Waals surface area (Å²) in [5.41, 5.74) is 2.39. The van der Waals surface area contributed by atoms with Crippen LogP contribution in [-0.4, -0.2) is 44.4 Å². The van der Waals surface area contributed by atoms with Crippen molar-refractivity contribution in [1.29, 1.82) is 0 Å². The minimum absolute atomic E-state index is 0.106. The van der Waals surface area contributed by atoms with E-state index in [1.165, 1.54) is 0 Å². The van der Waals surface area contributed by atoms with E-state index in [0.29, 0.717) is 37.4 Å². The Morgan fingerprint density at radius 2 is 1.86 bits per heavy atom. The van der Waals surface area contributed by atoms with Crippen LogP contribution in [-0.2, 0) is 16.1 Å². The predicted octanol–water partition coefficient (Wildman–Crippen LogP) is 5.27. The molecule has 7 heteroatoms. The zero-order valence-electron chi connectivity index (χ0n) is 20.9. The van der Waals surface area contributed by atoms with Crippen LogP contribution in [0.1, 0.15) is 55.3 Å². The van der Waals surface area contributed by atoms with Gasteiger partial charge in [-0.15, -0.1) is 0 Å². The standard InChI is InChI=1S/C29H33N3O4/c1-3-4-5-18-36-24-9-6-8-23(19-24)26-25(27(33)22-12-10-21(2)11-13-22)28(34)29(35)32(26)16-7-15-31-17-14-30-20-31/h6,8-14,17,19-20,26,33H,3-5,7,15-16,18H2,1-2H3/b27-25+. The summed E-state index contributed by atoms with van der Waals surface area (Å²) in [5, 5.41) is 11.2. The smallest absolute Gasteiger partial charge is 0.295 e. The van der Waals surface area contributed by atoms with Crippen LogP contribution < -0.4 is 4.74 Å². The number of amides is 1. The number of nitrogens with zero attached hydrogens (tertiary/aromatic N) is 3. The van der Waals surface area contributed by atoms with E-state index in [1.54, 1.807) is 29.6 Å². The summed E-state index contributed by atoms with van der Waals surface area (Å²) in [5.74, 6) is -0.754. The molecule has 3 aromatic rings. The third-order valence-electron chi connectivity index (χ3n) is 6.43. The number of benzene rings is 2. The van der Waals surface area contributed by atoms with Gasteiger partial charge in [0, 0.05) is 31.0 Å². The number of rotatable bonds is 11. The Morgan fingerprint density at radius 3 is 2.58 bits per heavy atom. The molecular formula is C29H33N3O4. The second-order valence-electron chi connectivity index (χ2n) is 9.14. The van der Waals surface area contributed by atoms with Gasteiger partial charge in [-0.2, -0.15) is 0 Å². The van der Waals surface area contributed by atoms with Crippen molar-refractivity contribution in [1.82, 2.24) is 14.5 Å². The molecule has 0 radical (unpaired) electrons. The van der Waals surface area contributed by atoms with Crippen molar-refractivity contribution in [2.24, 2.45) is 0 Å². The Kier molecular flexibility index (Phi) is 8.21. The first-order chi connectivity index (χ1) is 17.5. The lowest BCUT2D eigenvalue weighted by atomic mass is 9.95. The summed E-state index contributed by atoms with van der Waals surface area (Å²) in [6.07, 6.45) is 9.09. The molecule has 188 valence electrons. The predicted molar refractivity (Wildman–Crippen MR) is 138 cm³/mol. The van der Waals surface area contributed by atoms with Gasteiger partial charge in [0.05, 0.1) is 24.5 Å². The fraction of sp³-hybridized carbons (Fsp3) is 0.345. The number of imidazole rings is 1. The van der Waals surface area contributed by atoms with E-state index in [2.05, 4.69) is 11.9 Å². The first kappa shape index (κ1) is 25.2. The number of carbonyl (C=O) groups is 2. The SMILES string of the molecule is CCCCCOc1cccc(C2/C(=C(\O)c3ccc(C)cc3)C(=O)C(=O)N2CCCn2ccnc2)c1. The highest BCUT2D eigenvalue weighted by molar-refractivity contribution is 6.46. The monoisotopic (exact) mass is 487 g/mol. The lowest BCUT2D eigenvalue weighted by molar-refractivity contribution is -0.139. The van der Waals surface area contributed by atoms with Gasteiger partial charge in [-0.05, 0) is 37.5 Å². The number of ketones is 1. The minimum Gasteiger partial charge on any atom is -0.507 e. The quantitative estimate of drug-likeness (QED) is 0.172. The Hall–Kier alpha value is -3.87. The second-order valence-corrected chi connectivity index (χ2v) is 9.14. The van der Waals surface area contributed by atoms with E-state index < -0.39 is 17.7 Å². The van der Waals surface area contributed by atoms with Gasteiger partial charge in [0.2, 0.25) is 0 Å². The zero-order valence-corrected chi connectivity index (χ0v) is 20.9. The highest BCUT2D eigenvalue weighted by atomic mass is 16.5. The number of aliphatic hydroxyl groups is 1. The zero-order chi connectivity index (χ0) is 25.5. The largest absolute Gasteiger partial charge is 0.507 e. The molecule has 1 aliphatic rings. The molecule has 4 rings (SSSR count). The molecule has 0 bridgehead atoms. The molecule has 0 aliphatic carbocycles. The van der Waals surface area contributed by atoms with Gasteiger partial charge in [0.1, 0.15) is 11.5 Å². The molecule has 2 aromatic carbocycles. The third kappa shape index (κ3) is 5.67. The molecule has 0 saturated carbocycles. The number of hydrogen-bond donors (Lipinski definition) is 1. The summed E-state index contributed by atoms with van der Waals surface area (Å²) in [4.78, 5) is 32.1. The molecule has 7 nitrogen and oxygen atoms in total. The normalized spacial score (nSPS) is 17.1. The van der Waals surface area contributed by atoms with Gasteiger partial charge < -0.3 is 19.3 Å². The maximum Gasteiger partial charge on any atom is 0.295 e. The van der Waals surface area contributed by atoms with Crippen LogP contribution >= 0.6 is 0 Å². The molecule has 1 atom stereocenters. The van der Waals surface area contributed by atoms with Crippen molar-refractivity contribution in [3.05, 3.63) is 89.5 Å². The van der Waals surface area contributed by atoms with Crippen molar-refractivity contribution < 1.29 is 19.4 Å². The second kappa shape index (κ2) is 11.7. The molecule has 1 aromatic heterocycles. The highest BCUT2D eigenvalue weighted by Gasteiger charge is 2.45. The molecule has 2 heterocycles. The van der Waals surface area contributed by atoms with Crippen LogP contribution in [0.4, 0.5) is 0 Å². The molecule has 36 heavy (non-hydrogen) atoms. The molecule has 1 saturated heterocycles. The maximum atomic E-state index is 13.2. The van der Waals surface area contributed by atoms with E-state index in [0.717, 1.165) is 30.4 Å². The third-order valence-corrected chi connectivity index (χ3v) is 6.43. The average molecular weight is 488 g/mol. The van der Waals surface area contributed by atoms with E-state index in [9.17, 15) is 14.7 Å². The molecule has 1 N–H and O–H groups in total. The fourth-order valence-electron chi connectivity index (χ4n) is 4.48. The van der Waals surface area contributed by atoms with Gasteiger partial charge >= 0.3 is 0 Å². The number of ether oxygens (including phenoxy) is 1. The summed E-state index contributed by atoms with van der Waals surface area (Å²) in [6, 6.07) is 14.1. The van der Waals surface area contributed by atoms with E-state index in [1.807, 2.05) is 54.1 Å². The van der Waals surface area contributed by atoms with Crippen LogP contribution in [0.25, 0.3) is 5.76 Å². The van der Waals surface area contributed by atoms with Crippen molar-refractivity contribution in [2.75, 3.05) is 13.2 Å². The van der Waals surface area contributed by atoms with Crippen molar-refractivity contribution >= 4 is 17.4 Å². The van der Waals surface area contributed by atoms with Gasteiger partial charge in [0.15, 0.2) is 0 Å². The Morgan fingerprint density at radius 1 is 1.06 bits per heavy atom. The Balaban J connectivity index is 1.68. The number of Topliss-reactive ketones (excluding diaryl/α,β-unsaturated/α-hetero) is 1. The highest BCUT2D eigenvalue weighted by Crippen LogP contribution is 2.40. The molecule has 1 fully saturated rings. The minimum atomic E-state index is -0.701. The number of hydrogen-bond acceptors (Lipinski definition) is 5. The van der Waals surface area contributed by atoms with Crippen LogP contribution in [0.5, 0.6) is 5.75 Å². The Labute approximate surface area is 212 Å². The first-order valence-corrected chi connectivity index (χ1v) is 12.5. The summed E-state index contributed by atoms with van der Waals surface area (Å²) in [6.45, 7) is 5.72. The number of unbranched alkanes of at least 4 members (excludes halogenated alkanes) is 2. The number of aromatic nitrogens is 2. The molecule has 1 amide bonds. The molecule has 0 spiro atoms. The van der Waals surface area contributed by atoms with Gasteiger partial charge in [0.25, 0.3) is 11.7 Å². The van der Waals surface area contributed by atoms with Gasteiger partial charge in [-0.25, -0.2) is 4.98 Å². The van der Waals surface area contributed by atoms with Crippen LogP contribution in [0.2, 0.25) is 0 Å². The van der Waals surface area contributed by atoms with E-state index >= 15 is 0 Å². The Bertz CT molecular complexity index is 1220. The molecule has 1 unspecified atom stereocenters. The summed E-state index contributed by atoms with van der Waals surface area (Å²) in [7, 11) is 0. The number of aryl methyl sites for hydroxylation is 2. The average Bonchev–Trinajstić information content (AvgIpc) is 3.49. The van der Waals surface area contributed by atoms with Crippen LogP contribution in [0.3, 0.4) is 0 Å². The van der Waals surface area contributed by atoms with E-state index in [4.69, 9.17) is 4.74 Å². The first-order valence-electron chi connectivity index (χ1n) is 12.5. The van der Waals surface area contributed by atoms with Crippen molar-refractivity contribution in [3.8, 4) is 5.75 Å². The molecular weight excluding hydrogens is 454 g/mol. The fourth-order valence-corrected chi connectivity index (χ4v) is 4.48. The molecule has 1 aliphatic heterocycles. The van der Waals surface area contributed by atoms with Gasteiger partial charge in [-0.3, -0.25) is 9.59 Å². The van der Waals surface area contributed by atoms with Crippen molar-refractivity contribution in [2.45, 2.75) is 52.1 Å². The maximum absolute atomic E-state index is 13.2. The summed E-state index contributed by atoms with van der Waals surface area (Å²) >= 11 is 0. The summed E-state index contributed by atoms with van der Waals surface area (Å²) < 4.78 is 7.88. The van der Waals surface area contributed by atoms with Crippen molar-refractivity contribution in [3.63, 3.8) is 0 Å². The van der Waals surface area contributed by atoms with Gasteiger partial charge in [-0.1, -0.05) is 61.7 Å². The lowest BCUT2D eigenvalue weighted by Gasteiger charge is -2.26. The topological polar surface area (TPSA) is 84.7 Å². The number of likely N-dealkylation sites (tertiary alicyclic amines) is 1. The van der Waals surface area contributed by atoms with Crippen LogP contribution in [0.15, 0.2) is 72.8 Å². The number of carbonyl (C=O) groups excluding carboxylic acids is 2. The van der Waals surface area contributed by atoms with E-state index in [-0.39, 0.29) is 11.3 Å². The lowest BCUT2D eigenvalue weighted by Crippen LogP contribution is -2.31.